The number of halogens is 2. The molecule has 1 fully saturated rings. The number of likely N-dealkylation sites (N-methyl/N-ethyl adjacent to an activating group) is 1. The number of aromatic nitrogens is 4. The lowest BCUT2D eigenvalue weighted by atomic mass is 10.1. The summed E-state index contributed by atoms with van der Waals surface area (Å²) >= 11 is 12.6. The number of para-hydroxylation sites is 1. The summed E-state index contributed by atoms with van der Waals surface area (Å²) in [5.41, 5.74) is 9.32. The SMILES string of the molecule is Cc1cc(Nc2ncc3c(N)n(-c4c(Cl)cccc4Cl)c(=O)nc3n2)ccc1N1CCN(C)CC1. The first-order valence-electron chi connectivity index (χ1n) is 11.1. The van der Waals surface area contributed by atoms with Gasteiger partial charge in [0.2, 0.25) is 5.95 Å². The number of nitrogens with zero attached hydrogens (tertiary/aromatic N) is 6. The van der Waals surface area contributed by atoms with E-state index in [2.05, 4.69) is 56.2 Å². The molecule has 2 aromatic carbocycles. The molecule has 180 valence electrons. The molecule has 0 unspecified atom stereocenters. The van der Waals surface area contributed by atoms with Gasteiger partial charge in [-0.1, -0.05) is 29.3 Å². The van der Waals surface area contributed by atoms with Gasteiger partial charge >= 0.3 is 5.69 Å². The Morgan fingerprint density at radius 3 is 2.43 bits per heavy atom. The second-order valence-electron chi connectivity index (χ2n) is 8.53. The van der Waals surface area contributed by atoms with Crippen LogP contribution in [0, 0.1) is 6.92 Å². The molecule has 3 N–H and O–H groups in total. The van der Waals surface area contributed by atoms with E-state index in [1.807, 2.05) is 6.07 Å². The molecule has 2 aromatic heterocycles. The van der Waals surface area contributed by atoms with Gasteiger partial charge in [0.1, 0.15) is 5.82 Å². The maximum atomic E-state index is 12.8. The maximum absolute atomic E-state index is 12.8. The lowest BCUT2D eigenvalue weighted by Crippen LogP contribution is -2.44. The molecule has 5 rings (SSSR count). The highest BCUT2D eigenvalue weighted by Crippen LogP contribution is 2.31. The van der Waals surface area contributed by atoms with Crippen molar-refractivity contribution >= 4 is 57.4 Å². The summed E-state index contributed by atoms with van der Waals surface area (Å²) in [7, 11) is 2.14. The summed E-state index contributed by atoms with van der Waals surface area (Å²) in [4.78, 5) is 30.5. The molecule has 0 bridgehead atoms. The summed E-state index contributed by atoms with van der Waals surface area (Å²) in [6, 6.07) is 11.1. The molecule has 0 amide bonds. The van der Waals surface area contributed by atoms with E-state index in [-0.39, 0.29) is 27.2 Å². The largest absolute Gasteiger partial charge is 0.384 e. The Morgan fingerprint density at radius 2 is 1.74 bits per heavy atom. The topological polar surface area (TPSA) is 105 Å². The first-order chi connectivity index (χ1) is 16.8. The molecule has 9 nitrogen and oxygen atoms in total. The molecule has 1 aliphatic rings. The fourth-order valence-corrected chi connectivity index (χ4v) is 4.81. The first-order valence-corrected chi connectivity index (χ1v) is 11.9. The monoisotopic (exact) mass is 510 g/mol. The highest BCUT2D eigenvalue weighted by atomic mass is 35.5. The molecule has 1 saturated heterocycles. The van der Waals surface area contributed by atoms with E-state index in [4.69, 9.17) is 28.9 Å². The number of benzene rings is 2. The highest BCUT2D eigenvalue weighted by Gasteiger charge is 2.18. The molecule has 0 saturated carbocycles. The van der Waals surface area contributed by atoms with E-state index >= 15 is 0 Å². The fraction of sp³-hybridized carbons (Fsp3) is 0.250. The molecule has 35 heavy (non-hydrogen) atoms. The number of aryl methyl sites for hydroxylation is 1. The van der Waals surface area contributed by atoms with Gasteiger partial charge in [-0.05, 0) is 49.9 Å². The smallest absolute Gasteiger partial charge is 0.355 e. The molecule has 0 radical (unpaired) electrons. The quantitative estimate of drug-likeness (QED) is 0.426. The normalized spacial score (nSPS) is 14.5. The summed E-state index contributed by atoms with van der Waals surface area (Å²) < 4.78 is 1.17. The van der Waals surface area contributed by atoms with Gasteiger partial charge in [0.25, 0.3) is 0 Å². The van der Waals surface area contributed by atoms with Crippen LogP contribution in [-0.2, 0) is 0 Å². The van der Waals surface area contributed by atoms with Crippen LogP contribution in [-0.4, -0.2) is 57.6 Å². The first kappa shape index (κ1) is 23.3. The molecule has 4 aromatic rings. The second kappa shape index (κ2) is 9.33. The number of rotatable bonds is 4. The van der Waals surface area contributed by atoms with E-state index in [0.717, 1.165) is 37.4 Å². The second-order valence-corrected chi connectivity index (χ2v) is 9.35. The zero-order valence-electron chi connectivity index (χ0n) is 19.3. The summed E-state index contributed by atoms with van der Waals surface area (Å²) in [6.45, 7) is 6.18. The maximum Gasteiger partial charge on any atom is 0.355 e. The van der Waals surface area contributed by atoms with E-state index in [1.54, 1.807) is 18.2 Å². The predicted molar refractivity (Wildman–Crippen MR) is 142 cm³/mol. The number of hydrogen-bond donors (Lipinski definition) is 2. The van der Waals surface area contributed by atoms with Gasteiger partial charge in [0.15, 0.2) is 5.65 Å². The Morgan fingerprint density at radius 1 is 1.03 bits per heavy atom. The molecular formula is C24H24Cl2N8O. The van der Waals surface area contributed by atoms with Crippen LogP contribution in [0.15, 0.2) is 47.4 Å². The number of nitrogen functional groups attached to an aromatic ring is 1. The van der Waals surface area contributed by atoms with E-state index in [1.165, 1.54) is 16.5 Å². The Bertz CT molecular complexity index is 1460. The zero-order valence-corrected chi connectivity index (χ0v) is 20.8. The van der Waals surface area contributed by atoms with Gasteiger partial charge in [-0.2, -0.15) is 9.97 Å². The minimum atomic E-state index is -0.637. The van der Waals surface area contributed by atoms with E-state index in [0.29, 0.717) is 11.3 Å². The van der Waals surface area contributed by atoms with Crippen molar-refractivity contribution in [3.8, 4) is 5.69 Å². The average Bonchev–Trinajstić information content (AvgIpc) is 2.81. The van der Waals surface area contributed by atoms with Gasteiger partial charge in [-0.3, -0.25) is 0 Å². The number of anilines is 4. The number of hydrogen-bond acceptors (Lipinski definition) is 8. The minimum Gasteiger partial charge on any atom is -0.384 e. The summed E-state index contributed by atoms with van der Waals surface area (Å²) in [5.74, 6) is 0.415. The lowest BCUT2D eigenvalue weighted by Gasteiger charge is -2.35. The van der Waals surface area contributed by atoms with Gasteiger partial charge in [-0.15, -0.1) is 0 Å². The van der Waals surface area contributed by atoms with Crippen molar-refractivity contribution in [2.75, 3.05) is 49.2 Å². The van der Waals surface area contributed by atoms with Crippen molar-refractivity contribution in [2.45, 2.75) is 6.92 Å². The van der Waals surface area contributed by atoms with Crippen LogP contribution in [0.4, 0.5) is 23.1 Å². The average molecular weight is 511 g/mol. The zero-order chi connectivity index (χ0) is 24.7. The van der Waals surface area contributed by atoms with Crippen molar-refractivity contribution in [1.82, 2.24) is 24.4 Å². The minimum absolute atomic E-state index is 0.105. The van der Waals surface area contributed by atoms with E-state index < -0.39 is 5.69 Å². The standard InChI is InChI=1S/C24H24Cl2N8O/c1-14-12-15(6-7-19(14)33-10-8-32(2)9-11-33)29-23-28-13-16-21(27)34(24(35)31-22(16)30-23)20-17(25)4-3-5-18(20)26/h3-7,12-13H,8-11,27H2,1-2H3,(H,29,30,31,35). The van der Waals surface area contributed by atoms with Gasteiger partial charge in [-0.25, -0.2) is 14.3 Å². The predicted octanol–water partition coefficient (Wildman–Crippen LogP) is 3.87. The summed E-state index contributed by atoms with van der Waals surface area (Å²) in [5, 5.41) is 4.17. The number of piperazine rings is 1. The third kappa shape index (κ3) is 4.50. The lowest BCUT2D eigenvalue weighted by molar-refractivity contribution is 0.312. The van der Waals surface area contributed by atoms with Gasteiger partial charge < -0.3 is 20.9 Å². The molecule has 11 heteroatoms. The fourth-order valence-electron chi connectivity index (χ4n) is 4.25. The van der Waals surface area contributed by atoms with Crippen LogP contribution in [0.1, 0.15) is 5.56 Å². The van der Waals surface area contributed by atoms with Crippen LogP contribution in [0.2, 0.25) is 10.0 Å². The van der Waals surface area contributed by atoms with Crippen molar-refractivity contribution in [3.63, 3.8) is 0 Å². The molecular weight excluding hydrogens is 487 g/mol. The third-order valence-corrected chi connectivity index (χ3v) is 6.75. The Balaban J connectivity index is 1.45. The highest BCUT2D eigenvalue weighted by molar-refractivity contribution is 6.37. The molecule has 3 heterocycles. The third-order valence-electron chi connectivity index (χ3n) is 6.14. The van der Waals surface area contributed by atoms with Gasteiger partial charge in [0, 0.05) is 43.8 Å². The van der Waals surface area contributed by atoms with Gasteiger partial charge in [0.05, 0.1) is 21.1 Å². The number of nitrogens with two attached hydrogens (primary N) is 1. The Labute approximate surface area is 212 Å². The molecule has 0 spiro atoms. The van der Waals surface area contributed by atoms with Crippen LogP contribution in [0.3, 0.4) is 0 Å². The van der Waals surface area contributed by atoms with Crippen molar-refractivity contribution in [3.05, 3.63) is 68.7 Å². The molecule has 0 atom stereocenters. The van der Waals surface area contributed by atoms with Crippen LogP contribution >= 0.6 is 23.2 Å². The van der Waals surface area contributed by atoms with Crippen LogP contribution < -0.4 is 21.6 Å². The Hall–Kier alpha value is -3.40. The number of nitrogens with one attached hydrogen (secondary N) is 1. The Kier molecular flexibility index (Phi) is 6.22. The van der Waals surface area contributed by atoms with Crippen molar-refractivity contribution < 1.29 is 0 Å². The van der Waals surface area contributed by atoms with E-state index in [9.17, 15) is 4.79 Å². The van der Waals surface area contributed by atoms with Crippen LogP contribution in [0.25, 0.3) is 16.7 Å². The molecule has 1 aliphatic heterocycles. The summed E-state index contributed by atoms with van der Waals surface area (Å²) in [6.07, 6.45) is 1.53. The molecule has 0 aliphatic carbocycles. The van der Waals surface area contributed by atoms with Crippen LogP contribution in [0.5, 0.6) is 0 Å². The van der Waals surface area contributed by atoms with Crippen molar-refractivity contribution in [2.24, 2.45) is 0 Å². The van der Waals surface area contributed by atoms with Crippen molar-refractivity contribution in [1.29, 1.82) is 0 Å². The number of fused-ring (bicyclic) bond motifs is 1.